The first-order valence-corrected chi connectivity index (χ1v) is 49.4. The number of rotatable bonds is 16. The summed E-state index contributed by atoms with van der Waals surface area (Å²) < 4.78 is 13.2. The normalized spacial score (nSPS) is 12.3. The van der Waals surface area contributed by atoms with Gasteiger partial charge in [-0.1, -0.05) is 329 Å². The molecule has 1 aliphatic carbocycles. The molecule has 0 atom stereocenters. The number of hydrogen-bond donors (Lipinski definition) is 0. The summed E-state index contributed by atoms with van der Waals surface area (Å²) in [7, 11) is 0. The average Bonchev–Trinajstić information content (AvgIpc) is 1.47. The minimum atomic E-state index is -0.0985. The maximum absolute atomic E-state index is 6.63. The number of fused-ring (bicyclic) bond motifs is 15. The van der Waals surface area contributed by atoms with E-state index in [1.54, 1.807) is 0 Å². The average molecular weight is 1830 g/mol. The zero-order chi connectivity index (χ0) is 95.4. The van der Waals surface area contributed by atoms with E-state index in [-0.39, 0.29) is 5.41 Å². The Hall–Kier alpha value is -18.2. The molecule has 0 unspecified atom stereocenters. The lowest BCUT2D eigenvalue weighted by Crippen LogP contribution is -2.16. The van der Waals surface area contributed by atoms with Crippen LogP contribution in [0.1, 0.15) is 47.2 Å². The molecule has 0 aliphatic heterocycles. The molecule has 0 fully saturated rings. The highest BCUT2D eigenvalue weighted by molar-refractivity contribution is 6.40. The first kappa shape index (κ1) is 84.1. The Morgan fingerprint density at radius 2 is 0.517 bits per heavy atom. The van der Waals surface area contributed by atoms with Gasteiger partial charge in [0, 0.05) is 84.3 Å². The van der Waals surface area contributed by atoms with Crippen molar-refractivity contribution in [1.29, 1.82) is 0 Å². The monoisotopic (exact) mass is 1830 g/mol. The van der Waals surface area contributed by atoms with Crippen molar-refractivity contribution in [3.8, 4) is 55.6 Å². The number of aromatic nitrogens is 1. The lowest BCUT2D eigenvalue weighted by Gasteiger charge is -2.28. The number of nitrogens with zero attached hydrogens (tertiary/aromatic N) is 5. The molecule has 0 spiro atoms. The zero-order valence-electron chi connectivity index (χ0n) is 80.0. The lowest BCUT2D eigenvalue weighted by atomic mass is 9.81. The van der Waals surface area contributed by atoms with Crippen LogP contribution in [0.15, 0.2) is 476 Å². The third kappa shape index (κ3) is 13.6. The second kappa shape index (κ2) is 33.6. The summed E-state index contributed by atoms with van der Waals surface area (Å²) in [4.78, 5) is 14.0. The van der Waals surface area contributed by atoms with Crippen molar-refractivity contribution in [2.75, 3.05) is 19.6 Å². The van der Waals surface area contributed by atoms with E-state index < -0.39 is 0 Å². The Labute approximate surface area is 829 Å². The maximum atomic E-state index is 6.63. The molecular weight excluding hydrogens is 1740 g/mol. The van der Waals surface area contributed by atoms with Crippen molar-refractivity contribution in [1.82, 2.24) is 4.98 Å². The van der Waals surface area contributed by atoms with Crippen molar-refractivity contribution in [2.24, 2.45) is 0 Å². The number of pyridine rings is 1. The van der Waals surface area contributed by atoms with Crippen LogP contribution in [0.4, 0.5) is 68.4 Å². The standard InChI is InChI=1S/C70H46N2O2.C66H49N3/c1-43-41-60(46-33-37-50(38-34-46)72(48-19-7-4-8-20-48)62-28-16-26-58-53-22-12-14-30-64(53)74-70(58)62)66-55-24-10-9-23-54(55)65-44(2)42-59(56-40-39-51(43)67(66)68(56)65)45-31-35-49(36-32-45)71(47-17-5-3-6-18-47)61-27-15-25-57-52-21-11-13-29-63(52)73-69(57)61;1-42-39-58(45-28-30-48(31-29-45)68(46-17-7-5-8-18-46)50-34-35-53-52-21-13-14-24-59(52)66(3,4)60(53)41-50)63-55-23-12-11-22-54(55)62-43(2)40-57(56-37-36-51(42)64(63)65(56)62)44-26-32-49(33-27-44)69(47-19-9-6-10-20-47)61-25-15-16-38-67-61/h3-42H,1-2H3;5-41H,1-4H3. The summed E-state index contributed by atoms with van der Waals surface area (Å²) in [5.74, 6) is 0.881. The van der Waals surface area contributed by atoms with Crippen molar-refractivity contribution >= 4 is 198 Å². The van der Waals surface area contributed by atoms with E-state index in [0.717, 1.165) is 112 Å². The van der Waals surface area contributed by atoms with Gasteiger partial charge in [-0.05, 0) is 348 Å². The van der Waals surface area contributed by atoms with Gasteiger partial charge >= 0.3 is 0 Å². The second-order valence-electron chi connectivity index (χ2n) is 38.8. The number of hydrogen-bond acceptors (Lipinski definition) is 7. The maximum Gasteiger partial charge on any atom is 0.159 e. The first-order chi connectivity index (χ1) is 70.4. The van der Waals surface area contributed by atoms with Gasteiger partial charge in [0.2, 0.25) is 0 Å². The molecule has 0 saturated carbocycles. The van der Waals surface area contributed by atoms with Gasteiger partial charge in [0.15, 0.2) is 11.2 Å². The van der Waals surface area contributed by atoms with Gasteiger partial charge in [-0.15, -0.1) is 0 Å². The summed E-state index contributed by atoms with van der Waals surface area (Å²) in [6, 6.07) is 168. The molecule has 3 aromatic heterocycles. The molecule has 7 nitrogen and oxygen atoms in total. The molecule has 1 aliphatic rings. The van der Waals surface area contributed by atoms with Gasteiger partial charge in [-0.25, -0.2) is 4.98 Å². The molecule has 0 amide bonds. The van der Waals surface area contributed by atoms with E-state index in [2.05, 4.69) is 492 Å². The van der Waals surface area contributed by atoms with E-state index in [1.165, 1.54) is 175 Å². The summed E-state index contributed by atoms with van der Waals surface area (Å²) >= 11 is 0. The first-order valence-electron chi connectivity index (χ1n) is 49.4. The van der Waals surface area contributed by atoms with Crippen LogP contribution in [-0.2, 0) is 5.41 Å². The molecule has 3 heterocycles. The summed E-state index contributed by atoms with van der Waals surface area (Å²) in [5, 5.41) is 25.1. The molecule has 7 heteroatoms. The van der Waals surface area contributed by atoms with E-state index in [9.17, 15) is 0 Å². The summed E-state index contributed by atoms with van der Waals surface area (Å²) in [6.07, 6.45) is 1.86. The van der Waals surface area contributed by atoms with Crippen LogP contribution >= 0.6 is 0 Å². The zero-order valence-corrected chi connectivity index (χ0v) is 80.0. The van der Waals surface area contributed by atoms with Crippen LogP contribution in [0, 0.1) is 27.7 Å². The smallest absolute Gasteiger partial charge is 0.159 e. The van der Waals surface area contributed by atoms with Crippen molar-refractivity contribution in [3.05, 3.63) is 501 Å². The number of benzene rings is 24. The van der Waals surface area contributed by atoms with Gasteiger partial charge in [0.25, 0.3) is 0 Å². The van der Waals surface area contributed by atoms with Gasteiger partial charge in [-0.2, -0.15) is 0 Å². The van der Waals surface area contributed by atoms with Crippen molar-refractivity contribution in [3.63, 3.8) is 0 Å². The molecule has 0 bridgehead atoms. The topological polar surface area (TPSA) is 52.1 Å². The van der Waals surface area contributed by atoms with Crippen LogP contribution < -0.4 is 19.6 Å². The van der Waals surface area contributed by atoms with Crippen LogP contribution in [0.2, 0.25) is 0 Å². The Morgan fingerprint density at radius 1 is 0.196 bits per heavy atom. The van der Waals surface area contributed by atoms with Crippen molar-refractivity contribution < 1.29 is 8.83 Å². The molecule has 24 aromatic carbocycles. The number of anilines is 12. The minimum Gasteiger partial charge on any atom is -0.454 e. The highest BCUT2D eigenvalue weighted by Crippen LogP contribution is 2.56. The predicted octanol–water partition coefficient (Wildman–Crippen LogP) is 38.8. The van der Waals surface area contributed by atoms with Gasteiger partial charge in [0.05, 0.1) is 11.4 Å². The molecule has 0 N–H and O–H groups in total. The fraction of sp³-hybridized carbons (Fsp3) is 0.0515. The Balaban J connectivity index is 0.000000143. The van der Waals surface area contributed by atoms with Gasteiger partial charge < -0.3 is 23.5 Å². The van der Waals surface area contributed by atoms with Crippen LogP contribution in [0.3, 0.4) is 0 Å². The van der Waals surface area contributed by atoms with E-state index >= 15 is 0 Å². The van der Waals surface area contributed by atoms with Gasteiger partial charge in [-0.3, -0.25) is 4.90 Å². The number of furan rings is 2. The second-order valence-corrected chi connectivity index (χ2v) is 38.8. The Morgan fingerprint density at radius 3 is 0.958 bits per heavy atom. The molecule has 0 radical (unpaired) electrons. The Kier molecular flexibility index (Phi) is 19.8. The predicted molar refractivity (Wildman–Crippen MR) is 605 cm³/mol. The van der Waals surface area contributed by atoms with E-state index in [0.29, 0.717) is 0 Å². The molecular formula is C136H95N5O2. The summed E-state index contributed by atoms with van der Waals surface area (Å²) in [6.45, 7) is 13.8. The Bertz CT molecular complexity index is 9660. The van der Waals surface area contributed by atoms with E-state index in [1.807, 2.05) is 36.5 Å². The SMILES string of the molecule is Cc1cc(-c2ccc(N(c3ccccc3)c3ccc4c(c3)C(C)(C)c3ccccc3-4)cc2)c2c3ccccc3c3c(C)cc(-c4ccc(N(c5ccccc5)c5ccccn5)cc4)c4ccc1c2c43.Cc1cc(-c2ccc(N(c3ccccc3)c3cccc4c3oc3ccccc34)cc2)c2c3ccccc3c3c(C)cc(-c4ccc(N(c5ccccc5)c5cccc6c5oc5ccccc56)cc4)c4ccc1c2c43. The lowest BCUT2D eigenvalue weighted by molar-refractivity contribution is 0.660. The molecule has 143 heavy (non-hydrogen) atoms. The fourth-order valence-electron chi connectivity index (χ4n) is 23.8. The van der Waals surface area contributed by atoms with Crippen molar-refractivity contribution in [2.45, 2.75) is 47.0 Å². The quantitative estimate of drug-likeness (QED) is 0.0706. The van der Waals surface area contributed by atoms with Crippen LogP contribution in [-0.4, -0.2) is 4.98 Å². The van der Waals surface area contributed by atoms with Crippen LogP contribution in [0.5, 0.6) is 0 Å². The van der Waals surface area contributed by atoms with E-state index in [4.69, 9.17) is 13.8 Å². The molecule has 28 rings (SSSR count). The molecule has 0 saturated heterocycles. The molecule has 27 aromatic rings. The highest BCUT2D eigenvalue weighted by Gasteiger charge is 2.37. The highest BCUT2D eigenvalue weighted by atomic mass is 16.3. The minimum absolute atomic E-state index is 0.0985. The largest absolute Gasteiger partial charge is 0.454 e. The van der Waals surface area contributed by atoms with Gasteiger partial charge in [0.1, 0.15) is 17.0 Å². The van der Waals surface area contributed by atoms with Crippen LogP contribution in [0.25, 0.3) is 186 Å². The third-order valence-electron chi connectivity index (χ3n) is 30.3. The third-order valence-corrected chi connectivity index (χ3v) is 30.3. The number of para-hydroxylation sites is 8. The number of aryl methyl sites for hydroxylation is 4. The molecule has 676 valence electrons. The fourth-order valence-corrected chi connectivity index (χ4v) is 23.8. The summed E-state index contributed by atoms with van der Waals surface area (Å²) in [5.41, 5.74) is 35.3.